The average molecular weight is 297 g/mol. The van der Waals surface area contributed by atoms with Crippen LogP contribution in [0.5, 0.6) is 0 Å². The number of hydrogen-bond acceptors (Lipinski definition) is 2. The molecule has 1 N–H and O–H groups in total. The molecular weight excluding hydrogens is 278 g/mol. The summed E-state index contributed by atoms with van der Waals surface area (Å²) in [5.41, 5.74) is 3.94. The van der Waals surface area contributed by atoms with Crippen molar-refractivity contribution in [2.24, 2.45) is 0 Å². The smallest absolute Gasteiger partial charge is 0.312 e. The monoisotopic (exact) mass is 297 g/mol. The van der Waals surface area contributed by atoms with Crippen molar-refractivity contribution in [2.75, 3.05) is 0 Å². The molecule has 0 spiro atoms. The summed E-state index contributed by atoms with van der Waals surface area (Å²) in [7, 11) is 0. The molecule has 0 saturated carbocycles. The van der Waals surface area contributed by atoms with E-state index in [-0.39, 0.29) is 5.78 Å². The van der Waals surface area contributed by atoms with Crippen molar-refractivity contribution in [3.05, 3.63) is 58.4 Å². The molecule has 114 valence electrons. The zero-order valence-electron chi connectivity index (χ0n) is 12.8. The number of aryl methyl sites for hydroxylation is 2. The van der Waals surface area contributed by atoms with Crippen molar-refractivity contribution < 1.29 is 14.7 Å². The predicted octanol–water partition coefficient (Wildman–Crippen LogP) is 3.30. The molecular formula is C18H19NO3. The van der Waals surface area contributed by atoms with Crippen LogP contribution in [0.4, 0.5) is 0 Å². The van der Waals surface area contributed by atoms with Crippen LogP contribution in [0.2, 0.25) is 0 Å². The fourth-order valence-corrected chi connectivity index (χ4v) is 3.32. The Labute approximate surface area is 129 Å². The number of benzene rings is 1. The van der Waals surface area contributed by atoms with E-state index in [0.29, 0.717) is 24.2 Å². The summed E-state index contributed by atoms with van der Waals surface area (Å²) >= 11 is 0. The van der Waals surface area contributed by atoms with E-state index in [4.69, 9.17) is 0 Å². The third-order valence-electron chi connectivity index (χ3n) is 4.34. The number of carboxylic acid groups (broad SMARTS) is 1. The van der Waals surface area contributed by atoms with Gasteiger partial charge in [0.2, 0.25) is 5.78 Å². The van der Waals surface area contributed by atoms with Crippen LogP contribution in [-0.4, -0.2) is 21.4 Å². The van der Waals surface area contributed by atoms with Gasteiger partial charge in [-0.15, -0.1) is 0 Å². The third kappa shape index (κ3) is 2.34. The molecule has 2 aromatic rings. The minimum atomic E-state index is -0.812. The predicted molar refractivity (Wildman–Crippen MR) is 83.4 cm³/mol. The first-order valence-corrected chi connectivity index (χ1v) is 7.53. The lowest BCUT2D eigenvalue weighted by molar-refractivity contribution is -0.139. The van der Waals surface area contributed by atoms with Crippen LogP contribution in [0.15, 0.2) is 30.3 Å². The molecule has 0 saturated heterocycles. The van der Waals surface area contributed by atoms with Crippen LogP contribution in [0, 0.1) is 13.8 Å². The second-order valence-electron chi connectivity index (χ2n) is 5.98. The summed E-state index contributed by atoms with van der Waals surface area (Å²) in [6, 6.07) is 9.38. The maximum absolute atomic E-state index is 12.9. The molecule has 4 heteroatoms. The molecule has 1 aliphatic heterocycles. The van der Waals surface area contributed by atoms with E-state index in [1.807, 2.05) is 48.7 Å². The molecule has 1 aliphatic rings. The minimum absolute atomic E-state index is 0.0292. The molecule has 0 amide bonds. The fourth-order valence-electron chi connectivity index (χ4n) is 3.32. The maximum Gasteiger partial charge on any atom is 0.312 e. The van der Waals surface area contributed by atoms with E-state index in [0.717, 1.165) is 23.2 Å². The summed E-state index contributed by atoms with van der Waals surface area (Å²) < 4.78 is 1.91. The first-order chi connectivity index (χ1) is 10.5. The van der Waals surface area contributed by atoms with Crippen molar-refractivity contribution in [2.45, 2.75) is 39.2 Å². The van der Waals surface area contributed by atoms with E-state index in [9.17, 15) is 14.7 Å². The second-order valence-corrected chi connectivity index (χ2v) is 5.98. The minimum Gasteiger partial charge on any atom is -0.481 e. The Morgan fingerprint density at radius 2 is 2.00 bits per heavy atom. The highest BCUT2D eigenvalue weighted by Gasteiger charge is 2.31. The molecule has 0 aliphatic carbocycles. The number of hydrogen-bond donors (Lipinski definition) is 1. The second kappa shape index (κ2) is 5.44. The van der Waals surface area contributed by atoms with Gasteiger partial charge in [0.25, 0.3) is 0 Å². The Hall–Kier alpha value is -2.36. The van der Waals surface area contributed by atoms with E-state index >= 15 is 0 Å². The molecule has 1 aromatic carbocycles. The van der Waals surface area contributed by atoms with Crippen LogP contribution in [0.1, 0.15) is 51.6 Å². The van der Waals surface area contributed by atoms with E-state index in [1.165, 1.54) is 0 Å². The topological polar surface area (TPSA) is 59.3 Å². The normalized spacial score (nSPS) is 17.1. The third-order valence-corrected chi connectivity index (χ3v) is 4.34. The highest BCUT2D eigenvalue weighted by Crippen LogP contribution is 2.32. The van der Waals surface area contributed by atoms with Crippen LogP contribution in [0.3, 0.4) is 0 Å². The van der Waals surface area contributed by atoms with Gasteiger partial charge in [0, 0.05) is 17.8 Å². The number of carboxylic acids is 1. The average Bonchev–Trinajstić information content (AvgIpc) is 2.82. The molecule has 0 fully saturated rings. The van der Waals surface area contributed by atoms with Crippen molar-refractivity contribution in [1.29, 1.82) is 0 Å². The maximum atomic E-state index is 12.9. The lowest BCUT2D eigenvalue weighted by Crippen LogP contribution is -2.24. The van der Waals surface area contributed by atoms with E-state index in [1.54, 1.807) is 0 Å². The standard InChI is InChI=1S/C18H19NO3/c1-11-5-3-6-13(9-11)17(20)16-12(2)10-15-14(18(21)22)7-4-8-19(15)16/h3,5-6,9-10,14H,4,7-8H2,1-2H3,(H,21,22). The Morgan fingerprint density at radius 1 is 1.23 bits per heavy atom. The van der Waals surface area contributed by atoms with Gasteiger partial charge in [-0.25, -0.2) is 0 Å². The number of rotatable bonds is 3. The molecule has 1 aromatic heterocycles. The van der Waals surface area contributed by atoms with Gasteiger partial charge in [-0.2, -0.15) is 0 Å². The summed E-state index contributed by atoms with van der Waals surface area (Å²) in [6.07, 6.45) is 1.42. The number of ketones is 1. The quantitative estimate of drug-likeness (QED) is 0.884. The zero-order valence-corrected chi connectivity index (χ0v) is 12.8. The molecule has 0 radical (unpaired) electrons. The molecule has 22 heavy (non-hydrogen) atoms. The number of carbonyl (C=O) groups is 2. The van der Waals surface area contributed by atoms with Crippen molar-refractivity contribution in [3.63, 3.8) is 0 Å². The van der Waals surface area contributed by atoms with Gasteiger partial charge < -0.3 is 9.67 Å². The first-order valence-electron chi connectivity index (χ1n) is 7.53. The van der Waals surface area contributed by atoms with Crippen LogP contribution in [0.25, 0.3) is 0 Å². The summed E-state index contributed by atoms with van der Waals surface area (Å²) in [5.74, 6) is -1.35. The van der Waals surface area contributed by atoms with Gasteiger partial charge in [-0.3, -0.25) is 9.59 Å². The Kier molecular flexibility index (Phi) is 3.61. The number of aliphatic carboxylic acids is 1. The molecule has 2 heterocycles. The molecule has 4 nitrogen and oxygen atoms in total. The van der Waals surface area contributed by atoms with Crippen LogP contribution >= 0.6 is 0 Å². The summed E-state index contributed by atoms with van der Waals surface area (Å²) in [5, 5.41) is 9.38. The van der Waals surface area contributed by atoms with Gasteiger partial charge in [0.1, 0.15) is 0 Å². The van der Waals surface area contributed by atoms with E-state index < -0.39 is 11.9 Å². The Morgan fingerprint density at radius 3 is 2.68 bits per heavy atom. The first kappa shape index (κ1) is 14.6. The lowest BCUT2D eigenvalue weighted by Gasteiger charge is -2.23. The lowest BCUT2D eigenvalue weighted by atomic mass is 9.96. The molecule has 1 unspecified atom stereocenters. The van der Waals surface area contributed by atoms with E-state index in [2.05, 4.69) is 0 Å². The Bertz CT molecular complexity index is 758. The van der Waals surface area contributed by atoms with Gasteiger partial charge in [0.15, 0.2) is 0 Å². The Balaban J connectivity index is 2.09. The molecule has 1 atom stereocenters. The summed E-state index contributed by atoms with van der Waals surface area (Å²) in [4.78, 5) is 24.3. The molecule has 0 bridgehead atoms. The highest BCUT2D eigenvalue weighted by atomic mass is 16.4. The van der Waals surface area contributed by atoms with Crippen LogP contribution < -0.4 is 0 Å². The van der Waals surface area contributed by atoms with Gasteiger partial charge in [-0.1, -0.05) is 23.8 Å². The highest BCUT2D eigenvalue weighted by molar-refractivity contribution is 6.09. The fraction of sp³-hybridized carbons (Fsp3) is 0.333. The molecule has 3 rings (SSSR count). The summed E-state index contributed by atoms with van der Waals surface area (Å²) in [6.45, 7) is 4.55. The van der Waals surface area contributed by atoms with Gasteiger partial charge >= 0.3 is 5.97 Å². The zero-order chi connectivity index (χ0) is 15.9. The number of fused-ring (bicyclic) bond motifs is 1. The largest absolute Gasteiger partial charge is 0.481 e. The number of nitrogens with zero attached hydrogens (tertiary/aromatic N) is 1. The van der Waals surface area contributed by atoms with Crippen LogP contribution in [-0.2, 0) is 11.3 Å². The van der Waals surface area contributed by atoms with Crippen molar-refractivity contribution in [3.8, 4) is 0 Å². The van der Waals surface area contributed by atoms with Crippen molar-refractivity contribution in [1.82, 2.24) is 4.57 Å². The van der Waals surface area contributed by atoms with Crippen molar-refractivity contribution >= 4 is 11.8 Å². The van der Waals surface area contributed by atoms with Gasteiger partial charge in [-0.05, 0) is 44.4 Å². The van der Waals surface area contributed by atoms with Gasteiger partial charge in [0.05, 0.1) is 11.6 Å². The SMILES string of the molecule is Cc1cccc(C(=O)c2c(C)cc3n2CCCC3C(=O)O)c1. The number of aromatic nitrogens is 1. The number of carbonyl (C=O) groups excluding carboxylic acids is 1.